The summed E-state index contributed by atoms with van der Waals surface area (Å²) in [5, 5.41) is 12.3. The molecule has 1 N–H and O–H groups in total. The molecule has 0 spiro atoms. The summed E-state index contributed by atoms with van der Waals surface area (Å²) in [6, 6.07) is 9.72. The van der Waals surface area contributed by atoms with Crippen LogP contribution in [0.2, 0.25) is 0 Å². The smallest absolute Gasteiger partial charge is 0.147 e. The minimum Gasteiger partial charge on any atom is -0.314 e. The molecular formula is C22H34N4. The second-order valence-corrected chi connectivity index (χ2v) is 8.01. The second-order valence-electron chi connectivity index (χ2n) is 8.01. The quantitative estimate of drug-likeness (QED) is 0.748. The van der Waals surface area contributed by atoms with Crippen LogP contribution in [0.25, 0.3) is 0 Å². The minimum atomic E-state index is 0.331. The van der Waals surface area contributed by atoms with Gasteiger partial charge in [-0.3, -0.25) is 0 Å². The molecule has 2 aromatic rings. The number of aryl methyl sites for hydroxylation is 1. The van der Waals surface area contributed by atoms with E-state index in [4.69, 9.17) is 0 Å². The molecule has 1 aromatic carbocycles. The molecule has 4 heteroatoms. The van der Waals surface area contributed by atoms with Crippen LogP contribution >= 0.6 is 0 Å². The highest BCUT2D eigenvalue weighted by molar-refractivity contribution is 5.28. The van der Waals surface area contributed by atoms with Crippen molar-refractivity contribution in [3.8, 4) is 0 Å². The van der Waals surface area contributed by atoms with Gasteiger partial charge in [-0.05, 0) is 49.7 Å². The summed E-state index contributed by atoms with van der Waals surface area (Å²) in [5.41, 5.74) is 2.90. The second kappa shape index (κ2) is 8.81. The van der Waals surface area contributed by atoms with Gasteiger partial charge in [-0.25, -0.2) is 0 Å². The van der Waals surface area contributed by atoms with Gasteiger partial charge in [0.15, 0.2) is 0 Å². The predicted molar refractivity (Wildman–Crippen MR) is 107 cm³/mol. The molecular weight excluding hydrogens is 320 g/mol. The number of rotatable bonds is 7. The third-order valence-electron chi connectivity index (χ3n) is 5.85. The van der Waals surface area contributed by atoms with Crippen LogP contribution in [0, 0.1) is 12.8 Å². The highest BCUT2D eigenvalue weighted by Crippen LogP contribution is 2.33. The Hall–Kier alpha value is -1.68. The average molecular weight is 355 g/mol. The molecule has 4 nitrogen and oxygen atoms in total. The van der Waals surface area contributed by atoms with E-state index in [2.05, 4.69) is 65.1 Å². The van der Waals surface area contributed by atoms with Gasteiger partial charge in [0, 0.05) is 12.6 Å². The van der Waals surface area contributed by atoms with Crippen molar-refractivity contribution in [1.29, 1.82) is 0 Å². The molecule has 0 saturated heterocycles. The van der Waals surface area contributed by atoms with E-state index < -0.39 is 0 Å². The molecule has 1 aliphatic carbocycles. The zero-order valence-electron chi connectivity index (χ0n) is 16.8. The molecule has 142 valence electrons. The van der Waals surface area contributed by atoms with Crippen molar-refractivity contribution in [2.75, 3.05) is 0 Å². The lowest BCUT2D eigenvalue weighted by atomic mass is 9.83. The normalized spacial score (nSPS) is 17.0. The molecule has 0 amide bonds. The molecule has 0 bridgehead atoms. The Morgan fingerprint density at radius 3 is 2.38 bits per heavy atom. The number of nitrogens with one attached hydrogen (secondary N) is 1. The fourth-order valence-corrected chi connectivity index (χ4v) is 4.32. The SMILES string of the molecule is CCn1c(C)nnc1CN[C@H](c1ccc(C2CCCCC2)cc1)C(C)C. The van der Waals surface area contributed by atoms with E-state index in [1.807, 2.05) is 6.92 Å². The van der Waals surface area contributed by atoms with Crippen LogP contribution in [0.1, 0.15) is 87.6 Å². The van der Waals surface area contributed by atoms with Gasteiger partial charge in [0.2, 0.25) is 0 Å². The topological polar surface area (TPSA) is 42.7 Å². The Balaban J connectivity index is 1.69. The Kier molecular flexibility index (Phi) is 6.47. The van der Waals surface area contributed by atoms with E-state index in [1.54, 1.807) is 0 Å². The summed E-state index contributed by atoms with van der Waals surface area (Å²) < 4.78 is 2.18. The van der Waals surface area contributed by atoms with Crippen LogP contribution in [0.5, 0.6) is 0 Å². The predicted octanol–water partition coefficient (Wildman–Crippen LogP) is 5.14. The number of benzene rings is 1. The summed E-state index contributed by atoms with van der Waals surface area (Å²) in [6.45, 7) is 10.4. The van der Waals surface area contributed by atoms with Crippen LogP contribution < -0.4 is 5.32 Å². The van der Waals surface area contributed by atoms with Crippen molar-refractivity contribution >= 4 is 0 Å². The van der Waals surface area contributed by atoms with Crippen LogP contribution in [0.15, 0.2) is 24.3 Å². The highest BCUT2D eigenvalue weighted by atomic mass is 15.3. The molecule has 1 aromatic heterocycles. The standard InChI is InChI=1S/C22H34N4/c1-5-26-17(4)24-25-21(26)15-23-22(16(2)3)20-13-11-19(12-14-20)18-9-7-6-8-10-18/h11-14,16,18,22-23H,5-10,15H2,1-4H3/t22-/m0/s1. The lowest BCUT2D eigenvalue weighted by Gasteiger charge is -2.25. The number of hydrogen-bond donors (Lipinski definition) is 1. The molecule has 3 rings (SSSR count). The van der Waals surface area contributed by atoms with E-state index in [-0.39, 0.29) is 0 Å². The molecule has 1 saturated carbocycles. The summed E-state index contributed by atoms with van der Waals surface area (Å²) in [4.78, 5) is 0. The van der Waals surface area contributed by atoms with Crippen LogP contribution in [-0.4, -0.2) is 14.8 Å². The van der Waals surface area contributed by atoms with Gasteiger partial charge in [0.25, 0.3) is 0 Å². The largest absolute Gasteiger partial charge is 0.314 e. The first-order valence-electron chi connectivity index (χ1n) is 10.3. The third-order valence-corrected chi connectivity index (χ3v) is 5.85. The molecule has 1 heterocycles. The minimum absolute atomic E-state index is 0.331. The molecule has 1 atom stereocenters. The maximum absolute atomic E-state index is 4.34. The van der Waals surface area contributed by atoms with Crippen molar-refractivity contribution in [1.82, 2.24) is 20.1 Å². The van der Waals surface area contributed by atoms with Gasteiger partial charge in [0.1, 0.15) is 11.6 Å². The van der Waals surface area contributed by atoms with E-state index in [0.29, 0.717) is 12.0 Å². The van der Waals surface area contributed by atoms with Gasteiger partial charge in [-0.2, -0.15) is 0 Å². The monoisotopic (exact) mass is 354 g/mol. The first-order valence-corrected chi connectivity index (χ1v) is 10.3. The van der Waals surface area contributed by atoms with Crippen molar-refractivity contribution in [3.05, 3.63) is 47.0 Å². The molecule has 1 aliphatic rings. The lowest BCUT2D eigenvalue weighted by molar-refractivity contribution is 0.401. The molecule has 1 fully saturated rings. The van der Waals surface area contributed by atoms with E-state index in [9.17, 15) is 0 Å². The summed E-state index contributed by atoms with van der Waals surface area (Å²) >= 11 is 0. The van der Waals surface area contributed by atoms with Gasteiger partial charge < -0.3 is 9.88 Å². The zero-order chi connectivity index (χ0) is 18.5. The van der Waals surface area contributed by atoms with Crippen molar-refractivity contribution in [2.24, 2.45) is 5.92 Å². The average Bonchev–Trinajstić information content (AvgIpc) is 3.02. The Bertz CT molecular complexity index is 681. The summed E-state index contributed by atoms with van der Waals surface area (Å²) in [5.74, 6) is 3.31. The number of nitrogens with zero attached hydrogens (tertiary/aromatic N) is 3. The maximum atomic E-state index is 4.34. The van der Waals surface area contributed by atoms with E-state index in [1.165, 1.54) is 43.2 Å². The molecule has 0 radical (unpaired) electrons. The Morgan fingerprint density at radius 2 is 1.77 bits per heavy atom. The Morgan fingerprint density at radius 1 is 1.08 bits per heavy atom. The Labute approximate surface area is 158 Å². The van der Waals surface area contributed by atoms with Crippen LogP contribution in [0.4, 0.5) is 0 Å². The zero-order valence-corrected chi connectivity index (χ0v) is 16.8. The number of hydrogen-bond acceptors (Lipinski definition) is 3. The third kappa shape index (κ3) is 4.35. The van der Waals surface area contributed by atoms with Crippen LogP contribution in [-0.2, 0) is 13.1 Å². The van der Waals surface area contributed by atoms with Gasteiger partial charge in [-0.1, -0.05) is 57.4 Å². The van der Waals surface area contributed by atoms with Gasteiger partial charge >= 0.3 is 0 Å². The summed E-state index contributed by atoms with van der Waals surface area (Å²) in [7, 11) is 0. The summed E-state index contributed by atoms with van der Waals surface area (Å²) in [6.07, 6.45) is 6.91. The van der Waals surface area contributed by atoms with Crippen LogP contribution in [0.3, 0.4) is 0 Å². The van der Waals surface area contributed by atoms with E-state index in [0.717, 1.165) is 30.7 Å². The molecule has 0 unspecified atom stereocenters. The first kappa shape index (κ1) is 19.1. The maximum Gasteiger partial charge on any atom is 0.147 e. The van der Waals surface area contributed by atoms with Gasteiger partial charge in [-0.15, -0.1) is 10.2 Å². The first-order chi connectivity index (χ1) is 12.6. The van der Waals surface area contributed by atoms with Crippen molar-refractivity contribution < 1.29 is 0 Å². The molecule has 26 heavy (non-hydrogen) atoms. The fraction of sp³-hybridized carbons (Fsp3) is 0.636. The fourth-order valence-electron chi connectivity index (χ4n) is 4.32. The van der Waals surface area contributed by atoms with Crippen molar-refractivity contribution in [3.63, 3.8) is 0 Å². The van der Waals surface area contributed by atoms with Gasteiger partial charge in [0.05, 0.1) is 6.54 Å². The molecule has 0 aliphatic heterocycles. The number of aromatic nitrogens is 3. The van der Waals surface area contributed by atoms with Crippen molar-refractivity contribution in [2.45, 2.75) is 84.8 Å². The lowest BCUT2D eigenvalue weighted by Crippen LogP contribution is -2.27. The highest BCUT2D eigenvalue weighted by Gasteiger charge is 2.19. The van der Waals surface area contributed by atoms with E-state index >= 15 is 0 Å².